The van der Waals surface area contributed by atoms with Gasteiger partial charge in [0.05, 0.1) is 56.2 Å². The Bertz CT molecular complexity index is 6140. The number of hydrogen-bond donors (Lipinski definition) is 11. The van der Waals surface area contributed by atoms with E-state index in [0.29, 0.717) is 10.9 Å². The van der Waals surface area contributed by atoms with Crippen molar-refractivity contribution in [1.29, 1.82) is 0 Å². The standard InChI is InChI=1S/C69H49N13O17S3/c1-99-69-80-50(30-35-28-36(18-24-48(35)101(93,94)95)72-45-22-20-43-54-52(39-14-5-7-16-41(39)62(86)56(45)54)58(64(88)75-43)60(84)33-10-3-2-4-11-33)77-67(82-69)71-27-26-70-66-78-51(32-83)79-68(81-66)73-37-19-25-49(102(96,97)98)47(31-37)74-46-23-21-44-55-53(40-15-6-8-17-42(40)63(87)57(46)55)59(65(89)76-44)61(85)34-12-9-13-38(29-34)100(90,91)92/h2-25,28-29,31,72,74,83H,26-27,30,32H2,1H3,(H,75,88)(H,76,89)(H,90,91,92)(H,93,94,95)(H,96,97,98)(H,71,77,80,82)(H2,70,73,78,79,81). The molecule has 2 aliphatic rings. The first-order valence-electron chi connectivity index (χ1n) is 30.4. The van der Waals surface area contributed by atoms with Crippen LogP contribution in [-0.2, 0) is 43.4 Å². The summed E-state index contributed by atoms with van der Waals surface area (Å²) < 4.78 is 112. The van der Waals surface area contributed by atoms with Crippen molar-refractivity contribution in [2.24, 2.45) is 0 Å². The number of ether oxygens (including phenoxy) is 1. The Morgan fingerprint density at radius 1 is 0.461 bits per heavy atom. The van der Waals surface area contributed by atoms with E-state index in [0.717, 1.165) is 24.3 Å². The summed E-state index contributed by atoms with van der Waals surface area (Å²) >= 11 is 0. The summed E-state index contributed by atoms with van der Waals surface area (Å²) in [7, 11) is -13.4. The van der Waals surface area contributed by atoms with E-state index < -0.39 is 91.5 Å². The minimum atomic E-state index is -5.04. The highest BCUT2D eigenvalue weighted by molar-refractivity contribution is 7.86. The topological polar surface area (TPSA) is 464 Å². The maximum absolute atomic E-state index is 14.7. The molecule has 14 rings (SSSR count). The van der Waals surface area contributed by atoms with Gasteiger partial charge in [-0.05, 0) is 89.5 Å². The van der Waals surface area contributed by atoms with Crippen LogP contribution in [0, 0.1) is 0 Å². The van der Waals surface area contributed by atoms with Crippen LogP contribution in [0.25, 0.3) is 44.1 Å². The number of ketones is 4. The van der Waals surface area contributed by atoms with Gasteiger partial charge >= 0.3 is 6.01 Å². The highest BCUT2D eigenvalue weighted by Crippen LogP contribution is 2.46. The minimum Gasteiger partial charge on any atom is -0.467 e. The normalized spacial score (nSPS) is 12.4. The summed E-state index contributed by atoms with van der Waals surface area (Å²) in [5, 5.41) is 25.7. The average molecular weight is 1430 g/mol. The zero-order valence-electron chi connectivity index (χ0n) is 52.4. The number of pyridine rings is 2. The molecule has 0 fully saturated rings. The Labute approximate surface area is 575 Å². The number of carbonyl (C=O) groups excluding carboxylic acids is 4. The van der Waals surface area contributed by atoms with Gasteiger partial charge in [-0.15, -0.1) is 0 Å². The molecule has 0 atom stereocenters. The molecule has 510 valence electrons. The number of rotatable bonds is 22. The molecule has 12 aromatic rings. The third-order valence-corrected chi connectivity index (χ3v) is 19.4. The van der Waals surface area contributed by atoms with Crippen molar-refractivity contribution in [2.75, 3.05) is 46.8 Å². The van der Waals surface area contributed by atoms with Gasteiger partial charge in [-0.25, -0.2) is 0 Å². The van der Waals surface area contributed by atoms with E-state index in [2.05, 4.69) is 66.5 Å². The summed E-state index contributed by atoms with van der Waals surface area (Å²) in [5.74, 6) is -3.07. The lowest BCUT2D eigenvalue weighted by Gasteiger charge is -2.24. The van der Waals surface area contributed by atoms with Crippen molar-refractivity contribution < 1.29 is 67.9 Å². The average Bonchev–Trinajstić information content (AvgIpc) is 0.718. The number of hydrogen-bond acceptors (Lipinski definition) is 25. The van der Waals surface area contributed by atoms with Gasteiger partial charge in [-0.2, -0.15) is 55.2 Å². The summed E-state index contributed by atoms with van der Waals surface area (Å²) in [6, 6.07) is 38.5. The summed E-state index contributed by atoms with van der Waals surface area (Å²) in [4.78, 5) is 115. The number of aliphatic hydroxyl groups excluding tert-OH is 1. The fourth-order valence-corrected chi connectivity index (χ4v) is 14.2. The van der Waals surface area contributed by atoms with Crippen LogP contribution in [0.1, 0.15) is 80.9 Å². The first-order chi connectivity index (χ1) is 48.8. The number of methoxy groups -OCH3 is 1. The Hall–Kier alpha value is -12.6. The number of anilines is 8. The molecule has 8 aromatic carbocycles. The van der Waals surface area contributed by atoms with Crippen molar-refractivity contribution in [1.82, 2.24) is 39.9 Å². The molecule has 0 saturated carbocycles. The molecular weight excluding hydrogens is 1380 g/mol. The maximum Gasteiger partial charge on any atom is 0.321 e. The lowest BCUT2D eigenvalue weighted by Crippen LogP contribution is -2.24. The van der Waals surface area contributed by atoms with Gasteiger partial charge in [0, 0.05) is 86.1 Å². The summed E-state index contributed by atoms with van der Waals surface area (Å²) in [6.45, 7) is -0.643. The molecule has 30 nitrogen and oxygen atoms in total. The predicted molar refractivity (Wildman–Crippen MR) is 371 cm³/mol. The Kier molecular flexibility index (Phi) is 16.9. The van der Waals surface area contributed by atoms with Crippen LogP contribution in [0.15, 0.2) is 188 Å². The lowest BCUT2D eigenvalue weighted by molar-refractivity contribution is 0.102. The fourth-order valence-electron chi connectivity index (χ4n) is 12.4. The van der Waals surface area contributed by atoms with E-state index in [1.807, 2.05) is 0 Å². The largest absolute Gasteiger partial charge is 0.467 e. The molecular formula is C69H49N13O17S3. The molecule has 33 heteroatoms. The van der Waals surface area contributed by atoms with E-state index in [4.69, 9.17) is 4.74 Å². The Balaban J connectivity index is 0.710. The number of nitrogens with one attached hydrogen (secondary N) is 7. The first-order valence-corrected chi connectivity index (χ1v) is 34.8. The van der Waals surface area contributed by atoms with Crippen LogP contribution in [-0.4, -0.2) is 127 Å². The van der Waals surface area contributed by atoms with Gasteiger partial charge in [0.15, 0.2) is 29.0 Å². The van der Waals surface area contributed by atoms with Crippen LogP contribution in [0.2, 0.25) is 0 Å². The molecule has 0 amide bonds. The van der Waals surface area contributed by atoms with Crippen LogP contribution in [0.3, 0.4) is 0 Å². The first kappa shape index (κ1) is 66.6. The molecule has 11 N–H and O–H groups in total. The quantitative estimate of drug-likeness (QED) is 0.0173. The van der Waals surface area contributed by atoms with E-state index in [-0.39, 0.29) is 161 Å². The molecule has 0 bridgehead atoms. The van der Waals surface area contributed by atoms with E-state index in [9.17, 15) is 72.8 Å². The number of aromatic nitrogens is 8. The second-order valence-electron chi connectivity index (χ2n) is 23.0. The van der Waals surface area contributed by atoms with Gasteiger partial charge in [0.25, 0.3) is 41.5 Å². The summed E-state index contributed by atoms with van der Waals surface area (Å²) in [6.07, 6.45) is -0.346. The molecule has 102 heavy (non-hydrogen) atoms. The number of aromatic amines is 2. The van der Waals surface area contributed by atoms with Crippen molar-refractivity contribution in [2.45, 2.75) is 27.7 Å². The number of fused-ring (bicyclic) bond motifs is 4. The number of H-pyrrole nitrogens is 2. The molecule has 0 unspecified atom stereocenters. The van der Waals surface area contributed by atoms with Crippen molar-refractivity contribution >= 4 is 122 Å². The van der Waals surface area contributed by atoms with Crippen LogP contribution >= 0.6 is 0 Å². The number of benzene rings is 8. The van der Waals surface area contributed by atoms with Gasteiger partial charge in [0.2, 0.25) is 17.8 Å². The van der Waals surface area contributed by atoms with Gasteiger partial charge in [-0.1, -0.05) is 91.0 Å². The fraction of sp³-hybridized carbons (Fsp3) is 0.0725. The molecule has 4 heterocycles. The van der Waals surface area contributed by atoms with Crippen LogP contribution in [0.5, 0.6) is 6.01 Å². The van der Waals surface area contributed by atoms with Gasteiger partial charge in [0.1, 0.15) is 17.3 Å². The third kappa shape index (κ3) is 12.5. The number of aliphatic hydroxyl groups is 1. The monoisotopic (exact) mass is 1430 g/mol. The van der Waals surface area contributed by atoms with Crippen molar-refractivity contribution in [3.63, 3.8) is 0 Å². The second kappa shape index (κ2) is 25.9. The SMILES string of the molecule is COc1nc(Cc2cc(Nc3ccc4[nH]c(=O)c(C(=O)c5ccccc5)c5c4c3C(=O)c3ccccc3-5)ccc2S(=O)(=O)O)nc(NCCNc2nc(CO)nc(Nc3ccc(S(=O)(=O)O)c(Nc4ccc5[nH]c(=O)c(C(=O)c6cccc(S(=O)(=O)O)c6)c6c5c4C(=O)c4ccccc4-6)c3)n2)n1. The Morgan fingerprint density at radius 2 is 0.971 bits per heavy atom. The molecule has 4 aromatic heterocycles. The number of carbonyl (C=O) groups is 4. The van der Waals surface area contributed by atoms with Crippen LogP contribution in [0.4, 0.5) is 46.3 Å². The van der Waals surface area contributed by atoms with Crippen molar-refractivity contribution in [3.05, 3.63) is 246 Å². The zero-order valence-corrected chi connectivity index (χ0v) is 54.9. The molecule has 2 aliphatic carbocycles. The van der Waals surface area contributed by atoms with Gasteiger partial charge in [-0.3, -0.25) is 42.4 Å². The lowest BCUT2D eigenvalue weighted by atomic mass is 9.80. The van der Waals surface area contributed by atoms with E-state index >= 15 is 0 Å². The minimum absolute atomic E-state index is 0.00874. The second-order valence-corrected chi connectivity index (χ2v) is 27.2. The molecule has 0 spiro atoms. The highest BCUT2D eigenvalue weighted by atomic mass is 32.2. The molecule has 0 saturated heterocycles. The molecule has 0 radical (unpaired) electrons. The highest BCUT2D eigenvalue weighted by Gasteiger charge is 2.36. The van der Waals surface area contributed by atoms with Crippen molar-refractivity contribution in [3.8, 4) is 28.3 Å². The number of nitrogens with zero attached hydrogens (tertiary/aromatic N) is 6. The van der Waals surface area contributed by atoms with E-state index in [1.54, 1.807) is 78.9 Å². The summed E-state index contributed by atoms with van der Waals surface area (Å²) in [5.41, 5.74) is -0.671. The third-order valence-electron chi connectivity index (χ3n) is 16.7. The maximum atomic E-state index is 14.7. The van der Waals surface area contributed by atoms with Gasteiger partial charge < -0.3 is 46.4 Å². The Morgan fingerprint density at radius 3 is 1.54 bits per heavy atom. The van der Waals surface area contributed by atoms with Crippen LogP contribution < -0.4 is 42.4 Å². The van der Waals surface area contributed by atoms with E-state index in [1.165, 1.54) is 67.8 Å². The molecule has 0 aliphatic heterocycles. The smallest absolute Gasteiger partial charge is 0.321 e. The predicted octanol–water partition coefficient (Wildman–Crippen LogP) is 8.21. The zero-order chi connectivity index (χ0) is 71.7.